The van der Waals surface area contributed by atoms with Crippen LogP contribution in [0.1, 0.15) is 61.1 Å². The summed E-state index contributed by atoms with van der Waals surface area (Å²) in [6, 6.07) is 4.05. The summed E-state index contributed by atoms with van der Waals surface area (Å²) in [5, 5.41) is 0. The van der Waals surface area contributed by atoms with Crippen molar-refractivity contribution < 1.29 is 26.3 Å². The minimum atomic E-state index is -5.65. The molecule has 0 amide bonds. The lowest BCUT2D eigenvalue weighted by Gasteiger charge is -2.41. The molecule has 0 aromatic heterocycles. The van der Waals surface area contributed by atoms with Gasteiger partial charge in [-0.05, 0) is 71.2 Å². The van der Waals surface area contributed by atoms with Gasteiger partial charge in [0.25, 0.3) is 0 Å². The molecule has 31 heavy (non-hydrogen) atoms. The van der Waals surface area contributed by atoms with E-state index in [1.807, 2.05) is 0 Å². The fraction of sp³-hybridized carbons (Fsp3) is 0.478. The fourth-order valence-electron chi connectivity index (χ4n) is 4.68. The summed E-state index contributed by atoms with van der Waals surface area (Å²) in [6.45, 7) is 6.40. The molecule has 0 saturated carbocycles. The van der Waals surface area contributed by atoms with Gasteiger partial charge in [-0.15, -0.1) is 0 Å². The molecule has 2 rings (SSSR count). The predicted molar refractivity (Wildman–Crippen MR) is 112 cm³/mol. The number of halogens is 6. The maximum atomic E-state index is 14.8. The number of benzene rings is 2. The van der Waals surface area contributed by atoms with E-state index < -0.39 is 28.9 Å². The van der Waals surface area contributed by atoms with Crippen LogP contribution in [0.3, 0.4) is 0 Å². The highest BCUT2D eigenvalue weighted by Crippen LogP contribution is 2.58. The Balaban J connectivity index is 3.22. The first-order valence-corrected chi connectivity index (χ1v) is 10.3. The number of hydrogen-bond acceptors (Lipinski definition) is 2. The van der Waals surface area contributed by atoms with E-state index in [0.29, 0.717) is 11.1 Å². The van der Waals surface area contributed by atoms with Crippen LogP contribution in [0.4, 0.5) is 37.7 Å². The van der Waals surface area contributed by atoms with E-state index in [9.17, 15) is 26.3 Å². The fourth-order valence-corrected chi connectivity index (χ4v) is 4.68. The second kappa shape index (κ2) is 8.63. The monoisotopic (exact) mass is 446 g/mol. The molecular weight excluding hydrogens is 418 g/mol. The Morgan fingerprint density at radius 3 is 1.06 bits per heavy atom. The summed E-state index contributed by atoms with van der Waals surface area (Å²) in [5.41, 5.74) is 6.95. The molecule has 8 heteroatoms. The third kappa shape index (κ3) is 3.74. The maximum absolute atomic E-state index is 14.8. The molecule has 2 nitrogen and oxygen atoms in total. The molecule has 0 fully saturated rings. The summed E-state index contributed by atoms with van der Waals surface area (Å²) in [4.78, 5) is 0. The van der Waals surface area contributed by atoms with Crippen molar-refractivity contribution in [3.8, 4) is 0 Å². The van der Waals surface area contributed by atoms with Gasteiger partial charge in [-0.25, -0.2) is 0 Å². The Morgan fingerprint density at radius 2 is 0.839 bits per heavy atom. The Labute approximate surface area is 178 Å². The third-order valence-corrected chi connectivity index (χ3v) is 6.01. The van der Waals surface area contributed by atoms with E-state index in [1.165, 1.54) is 13.8 Å². The summed E-state index contributed by atoms with van der Waals surface area (Å²) in [5.74, 6) is 0. The van der Waals surface area contributed by atoms with Crippen LogP contribution < -0.4 is 11.5 Å². The van der Waals surface area contributed by atoms with E-state index >= 15 is 0 Å². The van der Waals surface area contributed by atoms with Gasteiger partial charge in [0.2, 0.25) is 5.41 Å². The van der Waals surface area contributed by atoms with Crippen LogP contribution in [0, 0.1) is 0 Å². The molecule has 172 valence electrons. The zero-order valence-electron chi connectivity index (χ0n) is 18.1. The van der Waals surface area contributed by atoms with E-state index in [4.69, 9.17) is 11.5 Å². The predicted octanol–water partition coefficient (Wildman–Crippen LogP) is 6.51. The summed E-state index contributed by atoms with van der Waals surface area (Å²) in [6.07, 6.45) is -10.9. The van der Waals surface area contributed by atoms with Crippen molar-refractivity contribution in [2.45, 2.75) is 71.1 Å². The summed E-state index contributed by atoms with van der Waals surface area (Å²) >= 11 is 0. The Bertz CT molecular complexity index is 867. The lowest BCUT2D eigenvalue weighted by atomic mass is 9.67. The highest BCUT2D eigenvalue weighted by atomic mass is 19.4. The molecule has 0 aliphatic rings. The van der Waals surface area contributed by atoms with Gasteiger partial charge < -0.3 is 11.5 Å². The molecule has 4 N–H and O–H groups in total. The molecule has 0 radical (unpaired) electrons. The molecule has 0 heterocycles. The van der Waals surface area contributed by atoms with Gasteiger partial charge in [0.05, 0.1) is 0 Å². The molecule has 0 aliphatic heterocycles. The molecule has 0 bridgehead atoms. The first-order chi connectivity index (χ1) is 14.3. The molecule has 0 unspecified atom stereocenters. The molecule has 0 saturated heterocycles. The van der Waals surface area contributed by atoms with Crippen LogP contribution in [-0.2, 0) is 31.1 Å². The molecule has 2 aromatic rings. The zero-order valence-corrected chi connectivity index (χ0v) is 18.1. The smallest absolute Gasteiger partial charge is 0.398 e. The highest BCUT2D eigenvalue weighted by molar-refractivity contribution is 5.63. The lowest BCUT2D eigenvalue weighted by Crippen LogP contribution is -2.56. The van der Waals surface area contributed by atoms with Gasteiger partial charge in [-0.3, -0.25) is 0 Å². The molecular formula is C23H28F6N2. The second-order valence-corrected chi connectivity index (χ2v) is 7.48. The summed E-state index contributed by atoms with van der Waals surface area (Å²) in [7, 11) is 0. The molecule has 0 atom stereocenters. The van der Waals surface area contributed by atoms with Crippen LogP contribution in [-0.4, -0.2) is 12.4 Å². The van der Waals surface area contributed by atoms with Gasteiger partial charge in [0.1, 0.15) is 0 Å². The Morgan fingerprint density at radius 1 is 0.548 bits per heavy atom. The van der Waals surface area contributed by atoms with Crippen LogP contribution in [0.15, 0.2) is 24.3 Å². The van der Waals surface area contributed by atoms with Crippen molar-refractivity contribution >= 4 is 11.4 Å². The number of anilines is 2. The van der Waals surface area contributed by atoms with Gasteiger partial charge >= 0.3 is 12.4 Å². The van der Waals surface area contributed by atoms with E-state index in [-0.39, 0.29) is 48.2 Å². The van der Waals surface area contributed by atoms with E-state index in [0.717, 1.165) is 24.3 Å². The van der Waals surface area contributed by atoms with Gasteiger partial charge in [0.15, 0.2) is 0 Å². The average molecular weight is 446 g/mol. The summed E-state index contributed by atoms with van der Waals surface area (Å²) < 4.78 is 88.6. The molecule has 2 aromatic carbocycles. The van der Waals surface area contributed by atoms with Crippen molar-refractivity contribution in [3.05, 3.63) is 57.6 Å². The molecule has 0 aliphatic carbocycles. The Hall–Kier alpha value is -2.38. The third-order valence-electron chi connectivity index (χ3n) is 6.01. The zero-order chi connectivity index (χ0) is 23.8. The number of nitrogen functional groups attached to an aromatic ring is 2. The lowest BCUT2D eigenvalue weighted by molar-refractivity contribution is -0.289. The average Bonchev–Trinajstić information content (AvgIpc) is 2.67. The van der Waals surface area contributed by atoms with Gasteiger partial charge in [-0.2, -0.15) is 26.3 Å². The maximum Gasteiger partial charge on any atom is 0.411 e. The SMILES string of the molecule is CCc1c(N)ccc(C(c2ccc(N)c(CC)c2CC)(C(F)(F)F)C(F)(F)F)c1CC. The number of hydrogen-bond donors (Lipinski definition) is 2. The normalized spacial score (nSPS) is 13.0. The topological polar surface area (TPSA) is 52.0 Å². The largest absolute Gasteiger partial charge is 0.411 e. The minimum Gasteiger partial charge on any atom is -0.398 e. The first kappa shape index (κ1) is 24.9. The van der Waals surface area contributed by atoms with Gasteiger partial charge in [0, 0.05) is 11.4 Å². The second-order valence-electron chi connectivity index (χ2n) is 7.48. The van der Waals surface area contributed by atoms with Crippen LogP contribution >= 0.6 is 0 Å². The number of rotatable bonds is 6. The first-order valence-electron chi connectivity index (χ1n) is 10.3. The minimum absolute atomic E-state index is 0.0193. The van der Waals surface area contributed by atoms with Crippen molar-refractivity contribution in [1.82, 2.24) is 0 Å². The van der Waals surface area contributed by atoms with Crippen LogP contribution in [0.25, 0.3) is 0 Å². The Kier molecular flexibility index (Phi) is 6.93. The van der Waals surface area contributed by atoms with Crippen LogP contribution in [0.5, 0.6) is 0 Å². The van der Waals surface area contributed by atoms with Gasteiger partial charge in [-0.1, -0.05) is 39.8 Å². The van der Waals surface area contributed by atoms with Crippen LogP contribution in [0.2, 0.25) is 0 Å². The number of nitrogens with two attached hydrogens (primary N) is 2. The number of alkyl halides is 6. The highest BCUT2D eigenvalue weighted by Gasteiger charge is 2.73. The van der Waals surface area contributed by atoms with Crippen molar-refractivity contribution in [3.63, 3.8) is 0 Å². The molecule has 0 spiro atoms. The standard InChI is InChI=1S/C23H28F6N2/c1-5-13-15(7-3)19(30)11-9-17(13)21(22(24,25)26,23(27,28)29)18-10-12-20(31)16(8-4)14(18)6-2/h9-12H,5-8,30-31H2,1-4H3. The quantitative estimate of drug-likeness (QED) is 0.393. The van der Waals surface area contributed by atoms with E-state index in [2.05, 4.69) is 0 Å². The van der Waals surface area contributed by atoms with Crippen molar-refractivity contribution in [1.29, 1.82) is 0 Å². The van der Waals surface area contributed by atoms with E-state index in [1.54, 1.807) is 13.8 Å². The van der Waals surface area contributed by atoms with Crippen molar-refractivity contribution in [2.75, 3.05) is 11.5 Å². The van der Waals surface area contributed by atoms with Crippen molar-refractivity contribution in [2.24, 2.45) is 0 Å².